The van der Waals surface area contributed by atoms with Crippen LogP contribution in [-0.2, 0) is 0 Å². The Bertz CT molecular complexity index is 821. The summed E-state index contributed by atoms with van der Waals surface area (Å²) in [5.74, 6) is 1.26. The zero-order valence-corrected chi connectivity index (χ0v) is 18.0. The van der Waals surface area contributed by atoms with Gasteiger partial charge in [0.2, 0.25) is 5.95 Å². The van der Waals surface area contributed by atoms with E-state index in [4.69, 9.17) is 34.8 Å². The highest BCUT2D eigenvalue weighted by Crippen LogP contribution is 2.40. The number of aromatic nitrogens is 2. The van der Waals surface area contributed by atoms with Crippen LogP contribution in [0.3, 0.4) is 0 Å². The molecule has 1 saturated carbocycles. The molecule has 3 rings (SSSR count). The summed E-state index contributed by atoms with van der Waals surface area (Å²) in [5, 5.41) is 6.87. The second kappa shape index (κ2) is 8.82. The van der Waals surface area contributed by atoms with E-state index in [1.165, 1.54) is 0 Å². The smallest absolute Gasteiger partial charge is 0.263 e. The molecule has 6 nitrogen and oxygen atoms in total. The molecule has 0 unspecified atom stereocenters. The fraction of sp³-hybridized carbons (Fsp3) is 0.471. The maximum absolute atomic E-state index is 12.4. The lowest BCUT2D eigenvalue weighted by Gasteiger charge is -2.29. The molecule has 27 heavy (non-hydrogen) atoms. The average Bonchev–Trinajstić information content (AvgIpc) is 2.91. The van der Waals surface area contributed by atoms with Crippen molar-refractivity contribution in [3.63, 3.8) is 0 Å². The molecule has 0 atom stereocenters. The topological polar surface area (TPSA) is 70.2 Å². The van der Waals surface area contributed by atoms with E-state index in [9.17, 15) is 4.79 Å². The van der Waals surface area contributed by atoms with E-state index in [0.29, 0.717) is 15.2 Å². The molecule has 0 bridgehead atoms. The highest BCUT2D eigenvalue weighted by Gasteiger charge is 2.26. The van der Waals surface area contributed by atoms with Crippen LogP contribution in [0.25, 0.3) is 0 Å². The summed E-state index contributed by atoms with van der Waals surface area (Å²) in [7, 11) is 3.89. The van der Waals surface area contributed by atoms with Gasteiger partial charge in [-0.1, -0.05) is 34.8 Å². The van der Waals surface area contributed by atoms with Gasteiger partial charge in [-0.15, -0.1) is 11.3 Å². The van der Waals surface area contributed by atoms with Crippen molar-refractivity contribution in [2.24, 2.45) is 0 Å². The number of carbonyl (C=O) groups excluding carboxylic acids is 1. The molecular weight excluding hydrogens is 429 g/mol. The number of hydrogen-bond donors (Lipinski definition) is 2. The first kappa shape index (κ1) is 20.5. The van der Waals surface area contributed by atoms with Crippen LogP contribution in [0.15, 0.2) is 12.3 Å². The third-order valence-electron chi connectivity index (χ3n) is 4.46. The van der Waals surface area contributed by atoms with Crippen LogP contribution < -0.4 is 15.5 Å². The van der Waals surface area contributed by atoms with Crippen LogP contribution in [0.1, 0.15) is 35.4 Å². The van der Waals surface area contributed by atoms with Crippen LogP contribution in [0.4, 0.5) is 11.8 Å². The van der Waals surface area contributed by atoms with Gasteiger partial charge in [-0.2, -0.15) is 4.98 Å². The van der Waals surface area contributed by atoms with Crippen LogP contribution in [0.2, 0.25) is 14.4 Å². The Morgan fingerprint density at radius 1 is 1.15 bits per heavy atom. The highest BCUT2D eigenvalue weighted by atomic mass is 35.5. The Morgan fingerprint density at radius 2 is 1.81 bits per heavy atom. The summed E-state index contributed by atoms with van der Waals surface area (Å²) in [6.07, 6.45) is 5.31. The minimum atomic E-state index is -0.225. The van der Waals surface area contributed by atoms with Crippen molar-refractivity contribution in [2.75, 3.05) is 24.3 Å². The highest BCUT2D eigenvalue weighted by molar-refractivity contribution is 7.19. The van der Waals surface area contributed by atoms with E-state index in [1.54, 1.807) is 6.20 Å². The Balaban J connectivity index is 1.52. The Labute approximate surface area is 177 Å². The number of carbonyl (C=O) groups is 1. The molecule has 1 aliphatic rings. The predicted molar refractivity (Wildman–Crippen MR) is 113 cm³/mol. The molecule has 146 valence electrons. The molecule has 0 aromatic carbocycles. The molecule has 2 aromatic rings. The number of thiophene rings is 1. The first-order valence-corrected chi connectivity index (χ1v) is 10.5. The average molecular weight is 449 g/mol. The monoisotopic (exact) mass is 447 g/mol. The predicted octanol–water partition coefficient (Wildman–Crippen LogP) is 4.72. The van der Waals surface area contributed by atoms with Crippen molar-refractivity contribution >= 4 is 63.8 Å². The molecule has 2 aromatic heterocycles. The fourth-order valence-corrected chi connectivity index (χ4v) is 4.70. The second-order valence-electron chi connectivity index (χ2n) is 6.63. The molecule has 2 N–H and O–H groups in total. The van der Waals surface area contributed by atoms with Gasteiger partial charge in [0.1, 0.15) is 15.0 Å². The third-order valence-corrected chi connectivity index (χ3v) is 7.03. The van der Waals surface area contributed by atoms with E-state index in [2.05, 4.69) is 20.6 Å². The largest absolute Gasteiger partial charge is 0.363 e. The van der Waals surface area contributed by atoms with Crippen molar-refractivity contribution in [1.29, 1.82) is 0 Å². The van der Waals surface area contributed by atoms with Crippen LogP contribution in [0.5, 0.6) is 0 Å². The number of hydrogen-bond acceptors (Lipinski definition) is 6. The second-order valence-corrected chi connectivity index (χ2v) is 9.01. The lowest BCUT2D eigenvalue weighted by Crippen LogP contribution is -2.40. The van der Waals surface area contributed by atoms with Gasteiger partial charge in [0.05, 0.1) is 10.0 Å². The first-order valence-electron chi connectivity index (χ1n) is 8.56. The number of halogens is 3. The molecule has 1 fully saturated rings. The minimum Gasteiger partial charge on any atom is -0.363 e. The summed E-state index contributed by atoms with van der Waals surface area (Å²) < 4.78 is 0.333. The lowest BCUT2D eigenvalue weighted by molar-refractivity contribution is 0.0931. The van der Waals surface area contributed by atoms with Crippen LogP contribution in [0, 0.1) is 0 Å². The van der Waals surface area contributed by atoms with Crippen molar-refractivity contribution in [1.82, 2.24) is 15.3 Å². The van der Waals surface area contributed by atoms with Gasteiger partial charge >= 0.3 is 0 Å². The number of nitrogens with one attached hydrogen (secondary N) is 2. The number of rotatable bonds is 5. The van der Waals surface area contributed by atoms with Crippen molar-refractivity contribution < 1.29 is 4.79 Å². The lowest BCUT2D eigenvalue weighted by atomic mass is 9.91. The first-order chi connectivity index (χ1) is 12.8. The molecule has 1 aliphatic carbocycles. The summed E-state index contributed by atoms with van der Waals surface area (Å²) >= 11 is 19.1. The molecule has 10 heteroatoms. The zero-order valence-electron chi connectivity index (χ0n) is 14.9. The molecular formula is C17H20Cl3N5OS. The maximum Gasteiger partial charge on any atom is 0.263 e. The summed E-state index contributed by atoms with van der Waals surface area (Å²) in [6, 6.07) is 2.25. The normalized spacial score (nSPS) is 19.6. The zero-order chi connectivity index (χ0) is 19.6. The maximum atomic E-state index is 12.4. The van der Waals surface area contributed by atoms with Crippen LogP contribution >= 0.6 is 46.1 Å². The fourth-order valence-electron chi connectivity index (χ4n) is 2.99. The summed E-state index contributed by atoms with van der Waals surface area (Å²) in [4.78, 5) is 23.5. The van der Waals surface area contributed by atoms with Gasteiger partial charge in [-0.25, -0.2) is 4.98 Å². The van der Waals surface area contributed by atoms with Gasteiger partial charge in [0.15, 0.2) is 0 Å². The van der Waals surface area contributed by atoms with Gasteiger partial charge in [-0.3, -0.25) is 4.79 Å². The molecule has 0 saturated heterocycles. The third kappa shape index (κ3) is 4.96. The van der Waals surface area contributed by atoms with Crippen molar-refractivity contribution in [2.45, 2.75) is 37.8 Å². The Morgan fingerprint density at radius 3 is 2.41 bits per heavy atom. The standard InChI is InChI=1S/C17H20Cl3N5OS/c1-25(2)11-7-8-21-17(24-11)23-10-5-3-9(4-6-10)22-16(26)14-12(18)13(19)15(20)27-14/h7-10H,3-6H2,1-2H3,(H,22,26)(H,21,23,24)/t9-,10+. The number of nitrogens with zero attached hydrogens (tertiary/aromatic N) is 3. The van der Waals surface area contributed by atoms with Crippen molar-refractivity contribution in [3.05, 3.63) is 31.5 Å². The molecule has 1 amide bonds. The van der Waals surface area contributed by atoms with Crippen LogP contribution in [-0.4, -0.2) is 42.1 Å². The minimum absolute atomic E-state index is 0.0975. The van der Waals surface area contributed by atoms with Crippen molar-refractivity contribution in [3.8, 4) is 0 Å². The van der Waals surface area contributed by atoms with E-state index in [-0.39, 0.29) is 28.0 Å². The SMILES string of the molecule is CN(C)c1ccnc(N[C@H]2CC[C@@H](NC(=O)c3sc(Cl)c(Cl)c3Cl)CC2)n1. The molecule has 0 aliphatic heterocycles. The number of amides is 1. The number of anilines is 2. The van der Waals surface area contributed by atoms with Gasteiger partial charge in [0.25, 0.3) is 5.91 Å². The summed E-state index contributed by atoms with van der Waals surface area (Å²) in [6.45, 7) is 0. The molecule has 0 spiro atoms. The van der Waals surface area contributed by atoms with Gasteiger partial charge < -0.3 is 15.5 Å². The van der Waals surface area contributed by atoms with E-state index in [0.717, 1.165) is 42.8 Å². The quantitative estimate of drug-likeness (QED) is 0.693. The molecule has 2 heterocycles. The molecule has 0 radical (unpaired) electrons. The van der Waals surface area contributed by atoms with Gasteiger partial charge in [-0.05, 0) is 31.7 Å². The summed E-state index contributed by atoms with van der Waals surface area (Å²) in [5.41, 5.74) is 0. The Kier molecular flexibility index (Phi) is 6.68. The van der Waals surface area contributed by atoms with E-state index < -0.39 is 0 Å². The van der Waals surface area contributed by atoms with E-state index in [1.807, 2.05) is 25.1 Å². The Hall–Kier alpha value is -1.28. The van der Waals surface area contributed by atoms with Gasteiger partial charge in [0, 0.05) is 32.4 Å². The van der Waals surface area contributed by atoms with E-state index >= 15 is 0 Å².